The van der Waals surface area contributed by atoms with E-state index in [1.165, 1.54) is 52.5 Å². The summed E-state index contributed by atoms with van der Waals surface area (Å²) in [6.07, 6.45) is 5.43. The Hall–Kier alpha value is -2.74. The third kappa shape index (κ3) is 4.45. The molecule has 0 radical (unpaired) electrons. The summed E-state index contributed by atoms with van der Waals surface area (Å²) < 4.78 is 5.07. The average molecular weight is 374 g/mol. The number of rotatable bonds is 5. The SMILES string of the molecule is O=C(COC(=O)c1cc2c(s1)CCCCC2)Nc1cccc([N+](=O)[O-])c1. The van der Waals surface area contributed by atoms with Gasteiger partial charge in [-0.25, -0.2) is 4.79 Å². The molecule has 0 saturated carbocycles. The Morgan fingerprint density at radius 3 is 2.81 bits per heavy atom. The zero-order valence-electron chi connectivity index (χ0n) is 14.0. The first-order chi connectivity index (χ1) is 12.5. The number of nitrogens with zero attached hydrogens (tertiary/aromatic N) is 1. The lowest BCUT2D eigenvalue weighted by atomic mass is 10.1. The number of ether oxygens (including phenoxy) is 1. The summed E-state index contributed by atoms with van der Waals surface area (Å²) in [5, 5.41) is 13.2. The van der Waals surface area contributed by atoms with Crippen LogP contribution in [-0.2, 0) is 22.4 Å². The molecule has 8 heteroatoms. The molecular weight excluding hydrogens is 356 g/mol. The molecule has 1 aromatic heterocycles. The lowest BCUT2D eigenvalue weighted by molar-refractivity contribution is -0.384. The number of thiophene rings is 1. The molecule has 136 valence electrons. The molecule has 1 N–H and O–H groups in total. The summed E-state index contributed by atoms with van der Waals surface area (Å²) in [5.74, 6) is -1.06. The van der Waals surface area contributed by atoms with Crippen molar-refractivity contribution in [1.29, 1.82) is 0 Å². The maximum Gasteiger partial charge on any atom is 0.348 e. The number of amides is 1. The topological polar surface area (TPSA) is 98.5 Å². The van der Waals surface area contributed by atoms with Crippen molar-refractivity contribution >= 4 is 34.6 Å². The Labute approximate surface area is 154 Å². The molecule has 7 nitrogen and oxygen atoms in total. The Bertz CT molecular complexity index is 822. The Morgan fingerprint density at radius 1 is 1.19 bits per heavy atom. The molecule has 1 aliphatic carbocycles. The van der Waals surface area contributed by atoms with Gasteiger partial charge in [-0.2, -0.15) is 0 Å². The second-order valence-electron chi connectivity index (χ2n) is 6.05. The molecule has 2 aromatic rings. The van der Waals surface area contributed by atoms with Crippen molar-refractivity contribution in [2.24, 2.45) is 0 Å². The highest BCUT2D eigenvalue weighted by atomic mass is 32.1. The van der Waals surface area contributed by atoms with E-state index in [2.05, 4.69) is 5.32 Å². The van der Waals surface area contributed by atoms with Crippen LogP contribution in [0.15, 0.2) is 30.3 Å². The Kier molecular flexibility index (Phi) is 5.62. The molecule has 1 aliphatic rings. The molecule has 0 unspecified atom stereocenters. The van der Waals surface area contributed by atoms with Gasteiger partial charge in [0.1, 0.15) is 4.88 Å². The van der Waals surface area contributed by atoms with Crippen molar-refractivity contribution in [3.8, 4) is 0 Å². The largest absolute Gasteiger partial charge is 0.451 e. The van der Waals surface area contributed by atoms with Gasteiger partial charge in [-0.1, -0.05) is 12.5 Å². The molecule has 1 amide bonds. The van der Waals surface area contributed by atoms with Gasteiger partial charge in [0.05, 0.1) is 4.92 Å². The van der Waals surface area contributed by atoms with Gasteiger partial charge in [0.2, 0.25) is 0 Å². The third-order valence-electron chi connectivity index (χ3n) is 4.12. The minimum atomic E-state index is -0.545. The molecule has 0 fully saturated rings. The molecule has 0 bridgehead atoms. The van der Waals surface area contributed by atoms with Gasteiger partial charge >= 0.3 is 5.97 Å². The van der Waals surface area contributed by atoms with E-state index in [1.54, 1.807) is 0 Å². The fourth-order valence-electron chi connectivity index (χ4n) is 2.86. The minimum absolute atomic E-state index is 0.125. The average Bonchev–Trinajstić information content (AvgIpc) is 2.90. The maximum absolute atomic E-state index is 12.2. The summed E-state index contributed by atoms with van der Waals surface area (Å²) >= 11 is 1.44. The summed E-state index contributed by atoms with van der Waals surface area (Å²) in [4.78, 5) is 36.0. The summed E-state index contributed by atoms with van der Waals surface area (Å²) in [6.45, 7) is -0.440. The number of carbonyl (C=O) groups is 2. The quantitative estimate of drug-likeness (QED) is 0.372. The number of nitro benzene ring substituents is 1. The van der Waals surface area contributed by atoms with Gasteiger partial charge in [-0.3, -0.25) is 14.9 Å². The van der Waals surface area contributed by atoms with Crippen molar-refractivity contribution in [2.45, 2.75) is 32.1 Å². The van der Waals surface area contributed by atoms with Crippen molar-refractivity contribution < 1.29 is 19.2 Å². The van der Waals surface area contributed by atoms with Crippen LogP contribution in [0.4, 0.5) is 11.4 Å². The van der Waals surface area contributed by atoms with Crippen LogP contribution in [0.5, 0.6) is 0 Å². The summed E-state index contributed by atoms with van der Waals surface area (Å²) in [5.41, 5.74) is 1.36. The smallest absolute Gasteiger partial charge is 0.348 e. The van der Waals surface area contributed by atoms with Crippen LogP contribution in [0, 0.1) is 10.1 Å². The van der Waals surface area contributed by atoms with E-state index >= 15 is 0 Å². The zero-order valence-corrected chi connectivity index (χ0v) is 14.8. The standard InChI is InChI=1S/C18H18N2O5S/c21-17(19-13-6-4-7-14(10-13)20(23)24)11-25-18(22)16-9-12-5-2-1-3-8-15(12)26-16/h4,6-7,9-10H,1-3,5,8,11H2,(H,19,21). The van der Waals surface area contributed by atoms with E-state index in [0.717, 1.165) is 25.7 Å². The first-order valence-electron chi connectivity index (χ1n) is 8.36. The van der Waals surface area contributed by atoms with Gasteiger partial charge in [-0.15, -0.1) is 11.3 Å². The predicted molar refractivity (Wildman–Crippen MR) is 97.6 cm³/mol. The second kappa shape index (κ2) is 8.09. The van der Waals surface area contributed by atoms with Crippen molar-refractivity contribution in [3.63, 3.8) is 0 Å². The monoisotopic (exact) mass is 374 g/mol. The van der Waals surface area contributed by atoms with Crippen molar-refractivity contribution in [3.05, 3.63) is 55.8 Å². The van der Waals surface area contributed by atoms with Gasteiger partial charge in [0.15, 0.2) is 6.61 Å². The van der Waals surface area contributed by atoms with E-state index in [-0.39, 0.29) is 11.4 Å². The predicted octanol–water partition coefficient (Wildman–Crippen LogP) is 3.72. The van der Waals surface area contributed by atoms with E-state index in [4.69, 9.17) is 4.74 Å². The van der Waals surface area contributed by atoms with Gasteiger partial charge in [0, 0.05) is 22.7 Å². The number of anilines is 1. The number of benzene rings is 1. The van der Waals surface area contributed by atoms with E-state index in [9.17, 15) is 19.7 Å². The molecule has 3 rings (SSSR count). The lowest BCUT2D eigenvalue weighted by Crippen LogP contribution is -2.20. The number of nitro groups is 1. The number of esters is 1. The maximum atomic E-state index is 12.2. The zero-order chi connectivity index (χ0) is 18.5. The number of hydrogen-bond acceptors (Lipinski definition) is 6. The number of nitrogens with one attached hydrogen (secondary N) is 1. The Balaban J connectivity index is 1.55. The van der Waals surface area contributed by atoms with E-state index < -0.39 is 23.4 Å². The van der Waals surface area contributed by atoms with Gasteiger partial charge in [-0.05, 0) is 43.4 Å². The number of non-ortho nitro benzene ring substituents is 1. The molecule has 26 heavy (non-hydrogen) atoms. The molecule has 0 saturated heterocycles. The highest BCUT2D eigenvalue weighted by molar-refractivity contribution is 7.14. The van der Waals surface area contributed by atoms with Crippen molar-refractivity contribution in [1.82, 2.24) is 0 Å². The Morgan fingerprint density at radius 2 is 2.00 bits per heavy atom. The van der Waals surface area contributed by atoms with Crippen LogP contribution in [0.2, 0.25) is 0 Å². The van der Waals surface area contributed by atoms with Crippen LogP contribution in [0.3, 0.4) is 0 Å². The summed E-state index contributed by atoms with van der Waals surface area (Å²) in [7, 11) is 0. The van der Waals surface area contributed by atoms with Crippen molar-refractivity contribution in [2.75, 3.05) is 11.9 Å². The molecule has 1 heterocycles. The molecule has 1 aromatic carbocycles. The fourth-order valence-corrected chi connectivity index (χ4v) is 4.01. The molecular formula is C18H18N2O5S. The molecule has 0 aliphatic heterocycles. The van der Waals surface area contributed by atoms with Gasteiger partial charge in [0.25, 0.3) is 11.6 Å². The lowest BCUT2D eigenvalue weighted by Gasteiger charge is -2.05. The van der Waals surface area contributed by atoms with Crippen LogP contribution in [0.25, 0.3) is 0 Å². The molecule has 0 atom stereocenters. The first-order valence-corrected chi connectivity index (χ1v) is 9.17. The molecule has 0 spiro atoms. The van der Waals surface area contributed by atoms with E-state index in [1.807, 2.05) is 6.07 Å². The van der Waals surface area contributed by atoms with Gasteiger partial charge < -0.3 is 10.1 Å². The first kappa shape index (κ1) is 18.1. The number of fused-ring (bicyclic) bond motifs is 1. The van der Waals surface area contributed by atoms with E-state index in [0.29, 0.717) is 4.88 Å². The third-order valence-corrected chi connectivity index (χ3v) is 5.34. The van der Waals surface area contributed by atoms with Crippen LogP contribution in [0.1, 0.15) is 39.4 Å². The number of carbonyl (C=O) groups excluding carboxylic acids is 2. The van der Waals surface area contributed by atoms with Crippen LogP contribution in [-0.4, -0.2) is 23.4 Å². The highest BCUT2D eigenvalue weighted by Gasteiger charge is 2.18. The van der Waals surface area contributed by atoms with Crippen LogP contribution < -0.4 is 5.32 Å². The second-order valence-corrected chi connectivity index (χ2v) is 7.19. The fraction of sp³-hybridized carbons (Fsp3) is 0.333. The summed E-state index contributed by atoms with van der Waals surface area (Å²) in [6, 6.07) is 7.44. The minimum Gasteiger partial charge on any atom is -0.451 e. The normalized spacial score (nSPS) is 13.4. The number of hydrogen-bond donors (Lipinski definition) is 1. The van der Waals surface area contributed by atoms with Crippen LogP contribution >= 0.6 is 11.3 Å². The number of aryl methyl sites for hydroxylation is 2. The highest BCUT2D eigenvalue weighted by Crippen LogP contribution is 2.29.